The average Bonchev–Trinajstić information content (AvgIpc) is 2.24. The molecule has 5 N–H and O–H groups in total. The molecule has 6 nitrogen and oxygen atoms in total. The Kier molecular flexibility index (Phi) is 4.55. The number of nitrogens with two attached hydrogens (primary N) is 2. The van der Waals surface area contributed by atoms with Gasteiger partial charge in [-0.2, -0.15) is 0 Å². The van der Waals surface area contributed by atoms with Crippen LogP contribution in [0.3, 0.4) is 0 Å². The van der Waals surface area contributed by atoms with Gasteiger partial charge in [0.1, 0.15) is 9.84 Å². The largest absolute Gasteiger partial charge is 0.397 e. The van der Waals surface area contributed by atoms with Crippen LogP contribution >= 0.6 is 0 Å². The van der Waals surface area contributed by atoms with Crippen LogP contribution in [0.1, 0.15) is 16.8 Å². The van der Waals surface area contributed by atoms with Gasteiger partial charge in [-0.3, -0.25) is 4.79 Å². The van der Waals surface area contributed by atoms with Crippen molar-refractivity contribution in [2.45, 2.75) is 6.42 Å². The SMILES string of the molecule is CS(=O)(=O)CCCNc1cc(C(N)=O)ccc1N. The monoisotopic (exact) mass is 271 g/mol. The molecule has 100 valence electrons. The van der Waals surface area contributed by atoms with Crippen LogP contribution in [0, 0.1) is 0 Å². The van der Waals surface area contributed by atoms with E-state index in [1.54, 1.807) is 18.2 Å². The third-order valence-electron chi connectivity index (χ3n) is 2.35. The molecule has 0 spiro atoms. The number of rotatable bonds is 6. The quantitative estimate of drug-likeness (QED) is 0.505. The van der Waals surface area contributed by atoms with E-state index in [4.69, 9.17) is 11.5 Å². The molecule has 0 heterocycles. The zero-order chi connectivity index (χ0) is 13.8. The Morgan fingerprint density at radius 2 is 2.06 bits per heavy atom. The molecule has 1 aromatic rings. The Bertz CT molecular complexity index is 540. The van der Waals surface area contributed by atoms with Crippen LogP contribution < -0.4 is 16.8 Å². The van der Waals surface area contributed by atoms with Gasteiger partial charge in [-0.1, -0.05) is 0 Å². The molecule has 0 aliphatic carbocycles. The molecule has 1 rings (SSSR count). The van der Waals surface area contributed by atoms with Crippen molar-refractivity contribution in [3.05, 3.63) is 23.8 Å². The van der Waals surface area contributed by atoms with Gasteiger partial charge in [-0.15, -0.1) is 0 Å². The summed E-state index contributed by atoms with van der Waals surface area (Å²) in [6.07, 6.45) is 1.66. The van der Waals surface area contributed by atoms with Crippen LogP contribution in [0.25, 0.3) is 0 Å². The molecule has 0 fully saturated rings. The minimum Gasteiger partial charge on any atom is -0.397 e. The van der Waals surface area contributed by atoms with Crippen molar-refractivity contribution in [3.63, 3.8) is 0 Å². The lowest BCUT2D eigenvalue weighted by Crippen LogP contribution is -2.13. The molecule has 0 aliphatic rings. The molecule has 7 heteroatoms. The number of nitrogen functional groups attached to an aromatic ring is 1. The van der Waals surface area contributed by atoms with Gasteiger partial charge in [-0.25, -0.2) is 8.42 Å². The lowest BCUT2D eigenvalue weighted by molar-refractivity contribution is 0.100. The summed E-state index contributed by atoms with van der Waals surface area (Å²) in [5.74, 6) is -0.427. The minimum atomic E-state index is -2.96. The van der Waals surface area contributed by atoms with Crippen LogP contribution in [-0.4, -0.2) is 32.9 Å². The highest BCUT2D eigenvalue weighted by atomic mass is 32.2. The highest BCUT2D eigenvalue weighted by molar-refractivity contribution is 7.90. The second kappa shape index (κ2) is 5.72. The van der Waals surface area contributed by atoms with E-state index in [2.05, 4.69) is 5.32 Å². The van der Waals surface area contributed by atoms with E-state index in [0.717, 1.165) is 0 Å². The fraction of sp³-hybridized carbons (Fsp3) is 0.364. The number of amides is 1. The first-order chi connectivity index (χ1) is 8.29. The van der Waals surface area contributed by atoms with Crippen LogP contribution in [0.2, 0.25) is 0 Å². The summed E-state index contributed by atoms with van der Waals surface area (Å²) < 4.78 is 21.9. The Hall–Kier alpha value is -1.76. The zero-order valence-corrected chi connectivity index (χ0v) is 11.0. The first-order valence-corrected chi connectivity index (χ1v) is 7.46. The van der Waals surface area contributed by atoms with Gasteiger partial charge in [0.25, 0.3) is 0 Å². The summed E-state index contributed by atoms with van der Waals surface area (Å²) in [6, 6.07) is 4.68. The van der Waals surface area contributed by atoms with Gasteiger partial charge in [0.05, 0.1) is 17.1 Å². The third kappa shape index (κ3) is 4.62. The molecule has 0 bridgehead atoms. The van der Waals surface area contributed by atoms with E-state index in [9.17, 15) is 13.2 Å². The molecule has 0 atom stereocenters. The lowest BCUT2D eigenvalue weighted by Gasteiger charge is -2.10. The number of anilines is 2. The summed E-state index contributed by atoms with van der Waals surface area (Å²) in [4.78, 5) is 11.0. The van der Waals surface area contributed by atoms with Gasteiger partial charge in [0.15, 0.2) is 0 Å². The molecule has 0 aromatic heterocycles. The second-order valence-corrected chi connectivity index (χ2v) is 6.34. The van der Waals surface area contributed by atoms with Crippen LogP contribution in [0.5, 0.6) is 0 Å². The van der Waals surface area contributed by atoms with E-state index >= 15 is 0 Å². The first kappa shape index (κ1) is 14.3. The van der Waals surface area contributed by atoms with E-state index in [1.807, 2.05) is 0 Å². The summed E-state index contributed by atoms with van der Waals surface area (Å²) >= 11 is 0. The number of hydrogen-bond donors (Lipinski definition) is 3. The van der Waals surface area contributed by atoms with Crippen LogP contribution in [-0.2, 0) is 9.84 Å². The number of primary amides is 1. The van der Waals surface area contributed by atoms with Crippen molar-refractivity contribution >= 4 is 27.1 Å². The van der Waals surface area contributed by atoms with Crippen LogP contribution in [0.4, 0.5) is 11.4 Å². The normalized spacial score (nSPS) is 11.2. The van der Waals surface area contributed by atoms with Gasteiger partial charge in [-0.05, 0) is 24.6 Å². The smallest absolute Gasteiger partial charge is 0.248 e. The summed E-state index contributed by atoms with van der Waals surface area (Å²) in [7, 11) is -2.96. The Morgan fingerprint density at radius 1 is 1.39 bits per heavy atom. The van der Waals surface area contributed by atoms with Crippen molar-refractivity contribution < 1.29 is 13.2 Å². The van der Waals surface area contributed by atoms with E-state index in [0.29, 0.717) is 29.9 Å². The summed E-state index contributed by atoms with van der Waals surface area (Å²) in [5, 5.41) is 2.98. The van der Waals surface area contributed by atoms with Crippen molar-refractivity contribution in [2.24, 2.45) is 5.73 Å². The van der Waals surface area contributed by atoms with Crippen molar-refractivity contribution in [1.82, 2.24) is 0 Å². The average molecular weight is 271 g/mol. The number of sulfone groups is 1. The second-order valence-electron chi connectivity index (χ2n) is 4.08. The third-order valence-corrected chi connectivity index (χ3v) is 3.38. The lowest BCUT2D eigenvalue weighted by atomic mass is 10.1. The molecule has 0 unspecified atom stereocenters. The number of hydrogen-bond acceptors (Lipinski definition) is 5. The van der Waals surface area contributed by atoms with Crippen molar-refractivity contribution in [2.75, 3.05) is 29.6 Å². The summed E-state index contributed by atoms with van der Waals surface area (Å²) in [6.45, 7) is 0.458. The predicted molar refractivity (Wildman–Crippen MR) is 72.2 cm³/mol. The van der Waals surface area contributed by atoms with E-state index < -0.39 is 15.7 Å². The zero-order valence-electron chi connectivity index (χ0n) is 10.1. The van der Waals surface area contributed by atoms with Crippen LogP contribution in [0.15, 0.2) is 18.2 Å². The van der Waals surface area contributed by atoms with Gasteiger partial charge in [0, 0.05) is 18.4 Å². The molecule has 1 amide bonds. The maximum Gasteiger partial charge on any atom is 0.248 e. The Morgan fingerprint density at radius 3 is 2.61 bits per heavy atom. The van der Waals surface area contributed by atoms with Gasteiger partial charge < -0.3 is 16.8 Å². The highest BCUT2D eigenvalue weighted by Gasteiger charge is 2.06. The molecular weight excluding hydrogens is 254 g/mol. The molecule has 0 aliphatic heterocycles. The maximum atomic E-state index is 11.0. The number of carbonyl (C=O) groups excluding carboxylic acids is 1. The Balaban J connectivity index is 2.61. The topological polar surface area (TPSA) is 115 Å². The number of nitrogens with one attached hydrogen (secondary N) is 1. The predicted octanol–water partition coefficient (Wildman–Crippen LogP) is 0.214. The number of benzene rings is 1. The van der Waals surface area contributed by atoms with Gasteiger partial charge >= 0.3 is 0 Å². The van der Waals surface area contributed by atoms with Crippen molar-refractivity contribution in [3.8, 4) is 0 Å². The fourth-order valence-electron chi connectivity index (χ4n) is 1.42. The highest BCUT2D eigenvalue weighted by Crippen LogP contribution is 2.19. The fourth-order valence-corrected chi connectivity index (χ4v) is 2.09. The molecule has 0 saturated carbocycles. The Labute approximate surface area is 106 Å². The van der Waals surface area contributed by atoms with E-state index in [1.165, 1.54) is 6.26 Å². The minimum absolute atomic E-state index is 0.107. The van der Waals surface area contributed by atoms with Crippen molar-refractivity contribution in [1.29, 1.82) is 0 Å². The molecule has 1 aromatic carbocycles. The van der Waals surface area contributed by atoms with Gasteiger partial charge in [0.2, 0.25) is 5.91 Å². The number of carbonyl (C=O) groups is 1. The molecular formula is C11H17N3O3S. The first-order valence-electron chi connectivity index (χ1n) is 5.40. The molecule has 0 radical (unpaired) electrons. The van der Waals surface area contributed by atoms with E-state index in [-0.39, 0.29) is 5.75 Å². The molecule has 0 saturated heterocycles. The maximum absolute atomic E-state index is 11.0. The standard InChI is InChI=1S/C11H17N3O3S/c1-18(16,17)6-2-5-14-10-7-8(11(13)15)3-4-9(10)12/h3-4,7,14H,2,5-6,12H2,1H3,(H2,13,15). The summed E-state index contributed by atoms with van der Waals surface area (Å²) in [5.41, 5.74) is 12.3. The molecule has 18 heavy (non-hydrogen) atoms.